The van der Waals surface area contributed by atoms with Gasteiger partial charge in [-0.2, -0.15) is 0 Å². The summed E-state index contributed by atoms with van der Waals surface area (Å²) in [6, 6.07) is 5.79. The van der Waals surface area contributed by atoms with E-state index in [1.807, 2.05) is 39.0 Å². The molecule has 1 heterocycles. The lowest BCUT2D eigenvalue weighted by Crippen LogP contribution is -1.91. The van der Waals surface area contributed by atoms with E-state index in [9.17, 15) is 0 Å². The Morgan fingerprint density at radius 2 is 2.00 bits per heavy atom. The molecule has 0 saturated heterocycles. The average Bonchev–Trinajstić information content (AvgIpc) is 2.60. The Balaban J connectivity index is 0.000000606. The first kappa shape index (κ1) is 13.1. The highest BCUT2D eigenvalue weighted by Gasteiger charge is 2.09. The number of aromatic amines is 1. The van der Waals surface area contributed by atoms with Crippen molar-refractivity contribution in [1.82, 2.24) is 4.98 Å². The number of rotatable bonds is 2. The van der Waals surface area contributed by atoms with Crippen LogP contribution in [0.2, 0.25) is 5.02 Å². The highest BCUT2D eigenvalue weighted by molar-refractivity contribution is 6.35. The number of aryl methyl sites for hydroxylation is 1. The molecule has 2 N–H and O–H groups in total. The van der Waals surface area contributed by atoms with Gasteiger partial charge in [0.1, 0.15) is 0 Å². The molecule has 2 rings (SSSR count). The van der Waals surface area contributed by atoms with Crippen molar-refractivity contribution in [3.05, 3.63) is 34.5 Å². The monoisotopic (exact) mass is 239 g/mol. The molecule has 0 radical (unpaired) electrons. The van der Waals surface area contributed by atoms with Crippen LogP contribution in [0.1, 0.15) is 25.1 Å². The van der Waals surface area contributed by atoms with Gasteiger partial charge in [0, 0.05) is 23.2 Å². The number of aliphatic hydroxyl groups excluding tert-OH is 1. The number of halogens is 1. The Labute approximate surface area is 101 Å². The van der Waals surface area contributed by atoms with Crippen molar-refractivity contribution in [2.24, 2.45) is 0 Å². The Kier molecular flexibility index (Phi) is 4.84. The van der Waals surface area contributed by atoms with Crippen LogP contribution in [0.5, 0.6) is 0 Å². The van der Waals surface area contributed by atoms with Gasteiger partial charge in [0.2, 0.25) is 0 Å². The molecule has 0 aliphatic carbocycles. The van der Waals surface area contributed by atoms with Crippen LogP contribution in [-0.4, -0.2) is 16.7 Å². The largest absolute Gasteiger partial charge is 0.396 e. The number of fused-ring (bicyclic) bond motifs is 1. The lowest BCUT2D eigenvalue weighted by Gasteiger charge is -1.99. The van der Waals surface area contributed by atoms with Gasteiger partial charge in [0.25, 0.3) is 0 Å². The maximum absolute atomic E-state index is 8.96. The van der Waals surface area contributed by atoms with E-state index in [1.165, 1.54) is 0 Å². The second-order valence-corrected chi connectivity index (χ2v) is 3.77. The van der Waals surface area contributed by atoms with E-state index in [-0.39, 0.29) is 6.61 Å². The summed E-state index contributed by atoms with van der Waals surface area (Å²) in [7, 11) is 0. The second-order valence-electron chi connectivity index (χ2n) is 3.36. The first-order valence-corrected chi connectivity index (χ1v) is 5.98. The molecule has 2 nitrogen and oxygen atoms in total. The number of aliphatic hydroxyl groups is 1. The number of H-pyrrole nitrogens is 1. The van der Waals surface area contributed by atoms with Gasteiger partial charge in [-0.3, -0.25) is 0 Å². The normalized spacial score (nSPS) is 10.1. The van der Waals surface area contributed by atoms with Gasteiger partial charge < -0.3 is 10.1 Å². The molecule has 0 unspecified atom stereocenters. The molecule has 1 aromatic carbocycles. The molecular formula is C13H18ClNO. The number of benzene rings is 1. The van der Waals surface area contributed by atoms with Gasteiger partial charge >= 0.3 is 0 Å². The summed E-state index contributed by atoms with van der Waals surface area (Å²) in [6.07, 6.45) is 0.648. The third-order valence-corrected chi connectivity index (χ3v) is 2.77. The van der Waals surface area contributed by atoms with E-state index >= 15 is 0 Å². The zero-order chi connectivity index (χ0) is 12.1. The molecule has 0 spiro atoms. The number of aromatic nitrogens is 1. The van der Waals surface area contributed by atoms with Crippen LogP contribution in [0.25, 0.3) is 10.9 Å². The molecule has 0 fully saturated rings. The highest BCUT2D eigenvalue weighted by atomic mass is 35.5. The molecule has 16 heavy (non-hydrogen) atoms. The zero-order valence-electron chi connectivity index (χ0n) is 9.97. The van der Waals surface area contributed by atoms with Crippen LogP contribution in [0.3, 0.4) is 0 Å². The van der Waals surface area contributed by atoms with Gasteiger partial charge in [-0.15, -0.1) is 0 Å². The van der Waals surface area contributed by atoms with Gasteiger partial charge in [-0.05, 0) is 31.0 Å². The summed E-state index contributed by atoms with van der Waals surface area (Å²) in [5.74, 6) is 0. The molecule has 2 aromatic rings. The third kappa shape index (κ3) is 2.39. The van der Waals surface area contributed by atoms with E-state index in [0.717, 1.165) is 27.2 Å². The summed E-state index contributed by atoms with van der Waals surface area (Å²) < 4.78 is 0. The molecule has 88 valence electrons. The predicted molar refractivity (Wildman–Crippen MR) is 70.2 cm³/mol. The van der Waals surface area contributed by atoms with Gasteiger partial charge in [0.05, 0.1) is 5.02 Å². The first-order chi connectivity index (χ1) is 7.74. The molecule has 3 heteroatoms. The molecule has 0 amide bonds. The Hall–Kier alpha value is -0.990. The van der Waals surface area contributed by atoms with Crippen molar-refractivity contribution in [2.45, 2.75) is 27.2 Å². The van der Waals surface area contributed by atoms with Crippen LogP contribution >= 0.6 is 11.6 Å². The fourth-order valence-electron chi connectivity index (χ4n) is 1.82. The minimum absolute atomic E-state index is 0.152. The van der Waals surface area contributed by atoms with Crippen LogP contribution in [0, 0.1) is 6.92 Å². The first-order valence-electron chi connectivity index (χ1n) is 5.60. The van der Waals surface area contributed by atoms with E-state index in [4.69, 9.17) is 16.7 Å². The summed E-state index contributed by atoms with van der Waals surface area (Å²) in [5, 5.41) is 10.7. The van der Waals surface area contributed by atoms with Crippen molar-refractivity contribution in [2.75, 3.05) is 6.61 Å². The quantitative estimate of drug-likeness (QED) is 0.824. The predicted octanol–water partition coefficient (Wildman–Crippen LogP) is 3.69. The van der Waals surface area contributed by atoms with Crippen molar-refractivity contribution in [3.8, 4) is 0 Å². The van der Waals surface area contributed by atoms with E-state index in [0.29, 0.717) is 6.42 Å². The minimum Gasteiger partial charge on any atom is -0.396 e. The molecule has 0 bridgehead atoms. The van der Waals surface area contributed by atoms with Gasteiger partial charge in [0.15, 0.2) is 0 Å². The highest BCUT2D eigenvalue weighted by Crippen LogP contribution is 2.29. The number of nitrogens with one attached hydrogen (secondary N) is 1. The topological polar surface area (TPSA) is 36.0 Å². The molecule has 0 aliphatic heterocycles. The lowest BCUT2D eigenvalue weighted by molar-refractivity contribution is 0.300. The van der Waals surface area contributed by atoms with Crippen LogP contribution < -0.4 is 0 Å². The van der Waals surface area contributed by atoms with Crippen LogP contribution in [-0.2, 0) is 6.42 Å². The Morgan fingerprint density at radius 1 is 1.31 bits per heavy atom. The van der Waals surface area contributed by atoms with Gasteiger partial charge in [-0.1, -0.05) is 31.5 Å². The van der Waals surface area contributed by atoms with Crippen molar-refractivity contribution in [1.29, 1.82) is 0 Å². The summed E-state index contributed by atoms with van der Waals surface area (Å²) in [6.45, 7) is 6.15. The molecule has 1 aromatic heterocycles. The Morgan fingerprint density at radius 3 is 2.62 bits per heavy atom. The SMILES string of the molecule is CC.Cc1[nH]c2cccc(Cl)c2c1CCO. The van der Waals surface area contributed by atoms with Crippen molar-refractivity contribution >= 4 is 22.5 Å². The third-order valence-electron chi connectivity index (χ3n) is 2.45. The Bertz CT molecular complexity index is 462. The minimum atomic E-state index is 0.152. The standard InChI is InChI=1S/C11H12ClNO.C2H6/c1-7-8(5-6-14)11-9(12)3-2-4-10(11)13-7;1-2/h2-4,13-14H,5-6H2,1H3;1-2H3. The second kappa shape index (κ2) is 5.92. The molecule has 0 aliphatic rings. The fourth-order valence-corrected chi connectivity index (χ4v) is 2.11. The zero-order valence-corrected chi connectivity index (χ0v) is 10.7. The van der Waals surface area contributed by atoms with E-state index in [1.54, 1.807) is 0 Å². The molecular weight excluding hydrogens is 222 g/mol. The summed E-state index contributed by atoms with van der Waals surface area (Å²) in [4.78, 5) is 3.26. The lowest BCUT2D eigenvalue weighted by atomic mass is 10.1. The number of hydrogen-bond donors (Lipinski definition) is 2. The maximum atomic E-state index is 8.96. The number of hydrogen-bond acceptors (Lipinski definition) is 1. The van der Waals surface area contributed by atoms with E-state index in [2.05, 4.69) is 4.98 Å². The summed E-state index contributed by atoms with van der Waals surface area (Å²) >= 11 is 6.11. The van der Waals surface area contributed by atoms with Crippen molar-refractivity contribution < 1.29 is 5.11 Å². The van der Waals surface area contributed by atoms with Crippen molar-refractivity contribution in [3.63, 3.8) is 0 Å². The average molecular weight is 240 g/mol. The maximum Gasteiger partial charge on any atom is 0.0502 e. The van der Waals surface area contributed by atoms with Crippen LogP contribution in [0.15, 0.2) is 18.2 Å². The van der Waals surface area contributed by atoms with E-state index < -0.39 is 0 Å². The molecule has 0 saturated carbocycles. The van der Waals surface area contributed by atoms with Crippen LogP contribution in [0.4, 0.5) is 0 Å². The van der Waals surface area contributed by atoms with Gasteiger partial charge in [-0.25, -0.2) is 0 Å². The fraction of sp³-hybridized carbons (Fsp3) is 0.385. The summed E-state index contributed by atoms with van der Waals surface area (Å²) in [5.41, 5.74) is 3.24. The molecule has 0 atom stereocenters. The smallest absolute Gasteiger partial charge is 0.0502 e.